The van der Waals surface area contributed by atoms with Gasteiger partial charge in [-0.15, -0.1) is 0 Å². The molecule has 0 aromatic heterocycles. The topological polar surface area (TPSA) is 71.7 Å². The molecule has 7 heteroatoms. The van der Waals surface area contributed by atoms with Crippen LogP contribution in [-0.2, 0) is 4.74 Å². The number of aliphatic imine (C=N–C) groups is 1. The third-order valence-electron chi connectivity index (χ3n) is 1.88. The fourth-order valence-electron chi connectivity index (χ4n) is 1.09. The number of benzene rings is 1. The Balaban J connectivity index is 2.73. The maximum absolute atomic E-state index is 13.3. The van der Waals surface area contributed by atoms with E-state index < -0.39 is 11.6 Å². The minimum atomic E-state index is -0.596. The zero-order chi connectivity index (χ0) is 12.7. The summed E-state index contributed by atoms with van der Waals surface area (Å²) >= 11 is 0. The van der Waals surface area contributed by atoms with Crippen molar-refractivity contribution in [3.63, 3.8) is 0 Å². The van der Waals surface area contributed by atoms with E-state index in [9.17, 15) is 8.78 Å². The Hall–Kier alpha value is -1.73. The molecule has 0 amide bonds. The number of hydrogen-bond acceptors (Lipinski definition) is 3. The third-order valence-corrected chi connectivity index (χ3v) is 1.88. The molecule has 1 aromatic carbocycles. The SMILES string of the molecule is COCCN=C(NN)Nc1cc(F)ccc1F. The lowest BCUT2D eigenvalue weighted by Crippen LogP contribution is -2.36. The molecule has 0 aliphatic rings. The van der Waals surface area contributed by atoms with Crippen LogP contribution < -0.4 is 16.6 Å². The van der Waals surface area contributed by atoms with Crippen molar-refractivity contribution in [1.82, 2.24) is 5.43 Å². The first-order valence-corrected chi connectivity index (χ1v) is 4.89. The predicted octanol–water partition coefficient (Wildman–Crippen LogP) is 0.842. The van der Waals surface area contributed by atoms with Gasteiger partial charge in [0, 0.05) is 13.2 Å². The number of methoxy groups -OCH3 is 1. The lowest BCUT2D eigenvalue weighted by molar-refractivity contribution is 0.208. The standard InChI is InChI=1S/C10H14F2N4O/c1-17-5-4-14-10(16-13)15-9-6-7(11)2-3-8(9)12/h2-3,6H,4-5,13H2,1H3,(H2,14,15,16). The molecule has 0 unspecified atom stereocenters. The second-order valence-corrected chi connectivity index (χ2v) is 3.12. The summed E-state index contributed by atoms with van der Waals surface area (Å²) in [5, 5.41) is 2.54. The van der Waals surface area contributed by atoms with Gasteiger partial charge >= 0.3 is 0 Å². The van der Waals surface area contributed by atoms with Crippen molar-refractivity contribution in [2.45, 2.75) is 0 Å². The van der Waals surface area contributed by atoms with Gasteiger partial charge in [-0.1, -0.05) is 0 Å². The molecule has 1 rings (SSSR count). The normalized spacial score (nSPS) is 11.4. The quantitative estimate of drug-likeness (QED) is 0.241. The van der Waals surface area contributed by atoms with Crippen LogP contribution in [0.4, 0.5) is 14.5 Å². The molecule has 4 N–H and O–H groups in total. The molecule has 0 saturated heterocycles. The first-order valence-electron chi connectivity index (χ1n) is 4.89. The first kappa shape index (κ1) is 13.3. The summed E-state index contributed by atoms with van der Waals surface area (Å²) in [6.45, 7) is 0.748. The van der Waals surface area contributed by atoms with Crippen molar-refractivity contribution in [2.75, 3.05) is 25.6 Å². The lowest BCUT2D eigenvalue weighted by atomic mass is 10.3. The van der Waals surface area contributed by atoms with E-state index in [0.29, 0.717) is 13.2 Å². The highest BCUT2D eigenvalue weighted by Gasteiger charge is 2.05. The molecule has 1 aromatic rings. The molecular weight excluding hydrogens is 230 g/mol. The molecule has 0 aliphatic carbocycles. The molecule has 0 spiro atoms. The molecular formula is C10H14F2N4O. The van der Waals surface area contributed by atoms with Crippen molar-refractivity contribution in [3.05, 3.63) is 29.8 Å². The molecule has 17 heavy (non-hydrogen) atoms. The number of hydrogen-bond donors (Lipinski definition) is 3. The lowest BCUT2D eigenvalue weighted by Gasteiger charge is -2.09. The van der Waals surface area contributed by atoms with Crippen molar-refractivity contribution < 1.29 is 13.5 Å². The largest absolute Gasteiger partial charge is 0.383 e. The second kappa shape index (κ2) is 6.77. The van der Waals surface area contributed by atoms with E-state index in [4.69, 9.17) is 10.6 Å². The number of nitrogens with two attached hydrogens (primary N) is 1. The number of halogens is 2. The van der Waals surface area contributed by atoms with Crippen LogP contribution >= 0.6 is 0 Å². The number of ether oxygens (including phenoxy) is 1. The van der Waals surface area contributed by atoms with Gasteiger partial charge in [-0.05, 0) is 12.1 Å². The van der Waals surface area contributed by atoms with Crippen molar-refractivity contribution in [2.24, 2.45) is 10.8 Å². The van der Waals surface area contributed by atoms with E-state index in [1.54, 1.807) is 0 Å². The highest BCUT2D eigenvalue weighted by atomic mass is 19.1. The maximum Gasteiger partial charge on any atom is 0.210 e. The van der Waals surface area contributed by atoms with Crippen molar-refractivity contribution in [1.29, 1.82) is 0 Å². The number of hydrazine groups is 1. The monoisotopic (exact) mass is 244 g/mol. The Morgan fingerprint density at radius 3 is 2.88 bits per heavy atom. The van der Waals surface area contributed by atoms with Gasteiger partial charge in [-0.2, -0.15) is 0 Å². The molecule has 0 radical (unpaired) electrons. The molecule has 0 aliphatic heterocycles. The van der Waals surface area contributed by atoms with E-state index in [1.165, 1.54) is 7.11 Å². The summed E-state index contributed by atoms with van der Waals surface area (Å²) in [5.74, 6) is 4.17. The van der Waals surface area contributed by atoms with E-state index in [2.05, 4.69) is 15.7 Å². The average molecular weight is 244 g/mol. The van der Waals surface area contributed by atoms with Crippen LogP contribution in [0.3, 0.4) is 0 Å². The number of nitrogens with zero attached hydrogens (tertiary/aromatic N) is 1. The van der Waals surface area contributed by atoms with Crippen molar-refractivity contribution >= 4 is 11.6 Å². The zero-order valence-corrected chi connectivity index (χ0v) is 9.34. The van der Waals surface area contributed by atoms with Crippen LogP contribution in [-0.4, -0.2) is 26.2 Å². The predicted molar refractivity (Wildman–Crippen MR) is 61.5 cm³/mol. The smallest absolute Gasteiger partial charge is 0.210 e. The maximum atomic E-state index is 13.3. The van der Waals surface area contributed by atoms with Gasteiger partial charge in [-0.25, -0.2) is 19.6 Å². The molecule has 94 valence electrons. The average Bonchev–Trinajstić information content (AvgIpc) is 2.32. The van der Waals surface area contributed by atoms with E-state index in [-0.39, 0.29) is 11.6 Å². The van der Waals surface area contributed by atoms with Crippen LogP contribution in [0.1, 0.15) is 0 Å². The van der Waals surface area contributed by atoms with Gasteiger partial charge in [0.25, 0.3) is 0 Å². The number of nitrogens with one attached hydrogen (secondary N) is 2. The van der Waals surface area contributed by atoms with Gasteiger partial charge in [-0.3, -0.25) is 5.43 Å². The Morgan fingerprint density at radius 1 is 1.47 bits per heavy atom. The number of anilines is 1. The summed E-state index contributed by atoms with van der Waals surface area (Å²) in [4.78, 5) is 3.95. The minimum Gasteiger partial charge on any atom is -0.383 e. The van der Waals surface area contributed by atoms with Crippen LogP contribution in [0, 0.1) is 11.6 Å². The molecule has 0 atom stereocenters. The van der Waals surface area contributed by atoms with Gasteiger partial charge in [0.15, 0.2) is 0 Å². The van der Waals surface area contributed by atoms with Crippen LogP contribution in [0.2, 0.25) is 0 Å². The molecule has 0 saturated carbocycles. The van der Waals surface area contributed by atoms with Gasteiger partial charge in [0.1, 0.15) is 11.6 Å². The van der Waals surface area contributed by atoms with Crippen LogP contribution in [0.15, 0.2) is 23.2 Å². The fraction of sp³-hybridized carbons (Fsp3) is 0.300. The van der Waals surface area contributed by atoms with Crippen LogP contribution in [0.25, 0.3) is 0 Å². The third kappa shape index (κ3) is 4.33. The highest BCUT2D eigenvalue weighted by molar-refractivity contribution is 5.93. The summed E-state index contributed by atoms with van der Waals surface area (Å²) < 4.78 is 31.0. The van der Waals surface area contributed by atoms with E-state index in [1.807, 2.05) is 0 Å². The summed E-state index contributed by atoms with van der Waals surface area (Å²) in [5.41, 5.74) is 2.21. The molecule has 0 fully saturated rings. The minimum absolute atomic E-state index is 0.0425. The number of guanidine groups is 1. The first-order chi connectivity index (χ1) is 8.17. The van der Waals surface area contributed by atoms with E-state index in [0.717, 1.165) is 18.2 Å². The Kier molecular flexibility index (Phi) is 5.31. The van der Waals surface area contributed by atoms with Crippen molar-refractivity contribution in [3.8, 4) is 0 Å². The van der Waals surface area contributed by atoms with Gasteiger partial charge < -0.3 is 10.1 Å². The highest BCUT2D eigenvalue weighted by Crippen LogP contribution is 2.14. The number of rotatable bonds is 4. The summed E-state index contributed by atoms with van der Waals surface area (Å²) in [7, 11) is 1.53. The Morgan fingerprint density at radius 2 is 2.24 bits per heavy atom. The van der Waals surface area contributed by atoms with Gasteiger partial charge in [0.2, 0.25) is 5.96 Å². The van der Waals surface area contributed by atoms with E-state index >= 15 is 0 Å². The Labute approximate surface area is 97.6 Å². The van der Waals surface area contributed by atoms with Crippen LogP contribution in [0.5, 0.6) is 0 Å². The second-order valence-electron chi connectivity index (χ2n) is 3.12. The summed E-state index contributed by atoms with van der Waals surface area (Å²) in [6, 6.07) is 3.05. The Bertz CT molecular complexity index is 398. The molecule has 0 heterocycles. The zero-order valence-electron chi connectivity index (χ0n) is 9.34. The summed E-state index contributed by atoms with van der Waals surface area (Å²) in [6.07, 6.45) is 0. The molecule has 0 bridgehead atoms. The fourth-order valence-corrected chi connectivity index (χ4v) is 1.09. The van der Waals surface area contributed by atoms with Gasteiger partial charge in [0.05, 0.1) is 18.8 Å². The molecule has 5 nitrogen and oxygen atoms in total.